The SMILES string of the molecule is O=C(Cc1cc(Cl)cc2c1OCC2)N1CCCC(c2ncc[nH]2)C1. The quantitative estimate of drug-likeness (QED) is 0.930. The number of benzene rings is 1. The number of carbonyl (C=O) groups is 1. The second kappa shape index (κ2) is 6.48. The van der Waals surface area contributed by atoms with E-state index in [9.17, 15) is 4.79 Å². The highest BCUT2D eigenvalue weighted by molar-refractivity contribution is 6.30. The van der Waals surface area contributed by atoms with E-state index in [-0.39, 0.29) is 5.91 Å². The second-order valence-electron chi connectivity index (χ2n) is 6.48. The molecule has 0 spiro atoms. The van der Waals surface area contributed by atoms with Gasteiger partial charge in [-0.1, -0.05) is 11.6 Å². The molecule has 1 saturated heterocycles. The maximum atomic E-state index is 12.8. The van der Waals surface area contributed by atoms with Crippen LogP contribution >= 0.6 is 11.6 Å². The average Bonchev–Trinajstić information content (AvgIpc) is 3.26. The van der Waals surface area contributed by atoms with Crippen molar-refractivity contribution in [3.63, 3.8) is 0 Å². The first kappa shape index (κ1) is 15.5. The number of piperidine rings is 1. The number of fused-ring (bicyclic) bond motifs is 1. The van der Waals surface area contributed by atoms with Gasteiger partial charge in [-0.3, -0.25) is 4.79 Å². The molecule has 6 heteroatoms. The van der Waals surface area contributed by atoms with Crippen molar-refractivity contribution in [3.8, 4) is 5.75 Å². The summed E-state index contributed by atoms with van der Waals surface area (Å²) in [6.07, 6.45) is 6.87. The zero-order valence-electron chi connectivity index (χ0n) is 13.4. The fourth-order valence-corrected chi connectivity index (χ4v) is 3.94. The Morgan fingerprint density at radius 2 is 2.38 bits per heavy atom. The van der Waals surface area contributed by atoms with Crippen LogP contribution in [-0.4, -0.2) is 40.5 Å². The molecule has 1 atom stereocenters. The highest BCUT2D eigenvalue weighted by atomic mass is 35.5. The maximum Gasteiger partial charge on any atom is 0.227 e. The van der Waals surface area contributed by atoms with Gasteiger partial charge in [-0.15, -0.1) is 0 Å². The minimum Gasteiger partial charge on any atom is -0.493 e. The summed E-state index contributed by atoms with van der Waals surface area (Å²) in [4.78, 5) is 22.3. The van der Waals surface area contributed by atoms with Crippen LogP contribution in [0.15, 0.2) is 24.5 Å². The summed E-state index contributed by atoms with van der Waals surface area (Å²) in [6, 6.07) is 3.79. The summed E-state index contributed by atoms with van der Waals surface area (Å²) in [5, 5.41) is 0.675. The summed E-state index contributed by atoms with van der Waals surface area (Å²) in [5.41, 5.74) is 2.01. The Kier molecular flexibility index (Phi) is 4.19. The molecule has 24 heavy (non-hydrogen) atoms. The molecule has 1 aromatic carbocycles. The minimum atomic E-state index is 0.131. The predicted octanol–water partition coefficient (Wildman–Crippen LogP) is 2.95. The Hall–Kier alpha value is -2.01. The number of nitrogens with zero attached hydrogens (tertiary/aromatic N) is 2. The number of H-pyrrole nitrogens is 1. The molecule has 2 aliphatic heterocycles. The number of rotatable bonds is 3. The average molecular weight is 346 g/mol. The van der Waals surface area contributed by atoms with Crippen LogP contribution in [0.1, 0.15) is 35.7 Å². The van der Waals surface area contributed by atoms with Gasteiger partial charge in [0.2, 0.25) is 5.91 Å². The Balaban J connectivity index is 1.48. The lowest BCUT2D eigenvalue weighted by atomic mass is 9.96. The van der Waals surface area contributed by atoms with Crippen LogP contribution in [-0.2, 0) is 17.6 Å². The van der Waals surface area contributed by atoms with Crippen molar-refractivity contribution in [1.82, 2.24) is 14.9 Å². The lowest BCUT2D eigenvalue weighted by Crippen LogP contribution is -2.40. The first-order chi connectivity index (χ1) is 11.7. The summed E-state index contributed by atoms with van der Waals surface area (Å²) in [6.45, 7) is 2.19. The van der Waals surface area contributed by atoms with Gasteiger partial charge < -0.3 is 14.6 Å². The molecule has 1 fully saturated rings. The number of likely N-dealkylation sites (tertiary alicyclic amines) is 1. The standard InChI is InChI=1S/C18H20ClN3O2/c19-15-8-12-3-7-24-17(12)14(9-15)10-16(23)22-6-1-2-13(11-22)18-20-4-5-21-18/h4-5,8-9,13H,1-3,6-7,10-11H2,(H,20,21). The van der Waals surface area contributed by atoms with Gasteiger partial charge in [-0.2, -0.15) is 0 Å². The van der Waals surface area contributed by atoms with Crippen LogP contribution in [0, 0.1) is 0 Å². The maximum absolute atomic E-state index is 12.8. The fraction of sp³-hybridized carbons (Fsp3) is 0.444. The molecule has 0 aliphatic carbocycles. The molecule has 1 N–H and O–H groups in total. The lowest BCUT2D eigenvalue weighted by molar-refractivity contribution is -0.131. The van der Waals surface area contributed by atoms with E-state index in [1.165, 1.54) is 0 Å². The van der Waals surface area contributed by atoms with Crippen molar-refractivity contribution in [2.75, 3.05) is 19.7 Å². The number of aromatic nitrogens is 2. The molecular weight excluding hydrogens is 326 g/mol. The summed E-state index contributed by atoms with van der Waals surface area (Å²) < 4.78 is 5.71. The molecule has 0 bridgehead atoms. The number of aromatic amines is 1. The van der Waals surface area contributed by atoms with E-state index in [0.717, 1.165) is 55.1 Å². The molecule has 126 valence electrons. The highest BCUT2D eigenvalue weighted by Crippen LogP contribution is 2.34. The number of carbonyl (C=O) groups excluding carboxylic acids is 1. The predicted molar refractivity (Wildman–Crippen MR) is 91.5 cm³/mol. The number of halogens is 1. The third-order valence-electron chi connectivity index (χ3n) is 4.85. The van der Waals surface area contributed by atoms with Crippen LogP contribution in [0.5, 0.6) is 5.75 Å². The van der Waals surface area contributed by atoms with Crippen LogP contribution < -0.4 is 4.74 Å². The van der Waals surface area contributed by atoms with Crippen LogP contribution in [0.3, 0.4) is 0 Å². The van der Waals surface area contributed by atoms with Gasteiger partial charge in [-0.05, 0) is 30.5 Å². The van der Waals surface area contributed by atoms with Crippen molar-refractivity contribution in [2.45, 2.75) is 31.6 Å². The van der Waals surface area contributed by atoms with Crippen molar-refractivity contribution in [2.24, 2.45) is 0 Å². The zero-order chi connectivity index (χ0) is 16.5. The third kappa shape index (κ3) is 3.00. The van der Waals surface area contributed by atoms with E-state index in [4.69, 9.17) is 16.3 Å². The van der Waals surface area contributed by atoms with Crippen LogP contribution in [0.2, 0.25) is 5.02 Å². The number of nitrogens with one attached hydrogen (secondary N) is 1. The van der Waals surface area contributed by atoms with E-state index in [1.807, 2.05) is 23.2 Å². The smallest absolute Gasteiger partial charge is 0.227 e. The van der Waals surface area contributed by atoms with Gasteiger partial charge in [-0.25, -0.2) is 4.98 Å². The van der Waals surface area contributed by atoms with E-state index >= 15 is 0 Å². The Labute approximate surface area is 146 Å². The molecule has 2 aromatic rings. The molecule has 0 saturated carbocycles. The first-order valence-electron chi connectivity index (χ1n) is 8.42. The summed E-state index contributed by atoms with van der Waals surface area (Å²) in [7, 11) is 0. The van der Waals surface area contributed by atoms with Gasteiger partial charge >= 0.3 is 0 Å². The van der Waals surface area contributed by atoms with Crippen molar-refractivity contribution in [1.29, 1.82) is 0 Å². The molecule has 3 heterocycles. The molecule has 2 aliphatic rings. The Morgan fingerprint density at radius 1 is 1.46 bits per heavy atom. The number of imidazole rings is 1. The molecule has 1 aromatic heterocycles. The van der Waals surface area contributed by atoms with Gasteiger partial charge in [0, 0.05) is 48.4 Å². The van der Waals surface area contributed by atoms with E-state index in [2.05, 4.69) is 9.97 Å². The van der Waals surface area contributed by atoms with Crippen molar-refractivity contribution >= 4 is 17.5 Å². The largest absolute Gasteiger partial charge is 0.493 e. The van der Waals surface area contributed by atoms with Crippen LogP contribution in [0.4, 0.5) is 0 Å². The molecule has 5 nitrogen and oxygen atoms in total. The topological polar surface area (TPSA) is 58.2 Å². The normalized spacial score (nSPS) is 19.9. The number of ether oxygens (including phenoxy) is 1. The van der Waals surface area contributed by atoms with Gasteiger partial charge in [0.25, 0.3) is 0 Å². The van der Waals surface area contributed by atoms with E-state index < -0.39 is 0 Å². The lowest BCUT2D eigenvalue weighted by Gasteiger charge is -2.32. The van der Waals surface area contributed by atoms with Gasteiger partial charge in [0.05, 0.1) is 13.0 Å². The van der Waals surface area contributed by atoms with Crippen molar-refractivity contribution < 1.29 is 9.53 Å². The van der Waals surface area contributed by atoms with Gasteiger partial charge in [0.1, 0.15) is 11.6 Å². The molecule has 1 unspecified atom stereocenters. The number of amides is 1. The summed E-state index contributed by atoms with van der Waals surface area (Å²) in [5.74, 6) is 2.25. The van der Waals surface area contributed by atoms with Crippen LogP contribution in [0.25, 0.3) is 0 Å². The molecule has 1 amide bonds. The molecular formula is C18H20ClN3O2. The third-order valence-corrected chi connectivity index (χ3v) is 5.07. The number of hydrogen-bond acceptors (Lipinski definition) is 3. The zero-order valence-corrected chi connectivity index (χ0v) is 14.2. The van der Waals surface area contributed by atoms with Crippen molar-refractivity contribution in [3.05, 3.63) is 46.5 Å². The molecule has 0 radical (unpaired) electrons. The van der Waals surface area contributed by atoms with E-state index in [0.29, 0.717) is 24.0 Å². The Morgan fingerprint density at radius 3 is 3.21 bits per heavy atom. The highest BCUT2D eigenvalue weighted by Gasteiger charge is 2.27. The Bertz CT molecular complexity index is 745. The second-order valence-corrected chi connectivity index (χ2v) is 6.92. The fourth-order valence-electron chi connectivity index (χ4n) is 3.68. The first-order valence-corrected chi connectivity index (χ1v) is 8.79. The molecule has 4 rings (SSSR count). The summed E-state index contributed by atoms with van der Waals surface area (Å²) >= 11 is 6.20. The van der Waals surface area contributed by atoms with E-state index in [1.54, 1.807) is 6.20 Å². The number of hydrogen-bond donors (Lipinski definition) is 1. The van der Waals surface area contributed by atoms with Gasteiger partial charge in [0.15, 0.2) is 0 Å². The monoisotopic (exact) mass is 345 g/mol. The minimum absolute atomic E-state index is 0.131.